The number of nitrogens with one attached hydrogen (secondary N) is 1. The third-order valence-electron chi connectivity index (χ3n) is 4.16. The highest BCUT2D eigenvalue weighted by molar-refractivity contribution is 5.83. The zero-order valence-electron chi connectivity index (χ0n) is 16.2. The summed E-state index contributed by atoms with van der Waals surface area (Å²) in [4.78, 5) is 11.8. The first-order chi connectivity index (χ1) is 12.6. The zero-order chi connectivity index (χ0) is 19.2. The van der Waals surface area contributed by atoms with Gasteiger partial charge in [0.2, 0.25) is 5.91 Å². The number of hydrazone groups is 1. The number of unbranched alkanes of at least 4 members (excludes halogenated alkanes) is 4. The van der Waals surface area contributed by atoms with Crippen LogP contribution in [0.2, 0.25) is 0 Å². The number of carbonyl (C=O) groups is 1. The quantitative estimate of drug-likeness (QED) is 0.318. The van der Waals surface area contributed by atoms with Crippen molar-refractivity contribution >= 4 is 12.1 Å². The van der Waals surface area contributed by atoms with Gasteiger partial charge < -0.3 is 14.6 Å². The molecule has 0 radical (unpaired) electrons. The topological polar surface area (TPSA) is 80.2 Å². The number of aliphatic hydroxyl groups excluding tert-OH is 1. The van der Waals surface area contributed by atoms with Gasteiger partial charge in [0.05, 0.1) is 26.5 Å². The molecule has 1 atom stereocenters. The molecule has 0 saturated carbocycles. The van der Waals surface area contributed by atoms with Gasteiger partial charge in [-0.2, -0.15) is 5.10 Å². The minimum absolute atomic E-state index is 0.202. The van der Waals surface area contributed by atoms with E-state index in [2.05, 4.69) is 17.5 Å². The molecule has 0 aliphatic heterocycles. The van der Waals surface area contributed by atoms with Crippen LogP contribution in [0.15, 0.2) is 23.3 Å². The van der Waals surface area contributed by atoms with Crippen molar-refractivity contribution in [2.75, 3.05) is 14.2 Å². The van der Waals surface area contributed by atoms with Crippen LogP contribution in [0.3, 0.4) is 0 Å². The molecule has 1 amide bonds. The summed E-state index contributed by atoms with van der Waals surface area (Å²) in [6, 6.07) is 5.37. The van der Waals surface area contributed by atoms with E-state index >= 15 is 0 Å². The summed E-state index contributed by atoms with van der Waals surface area (Å²) in [5.41, 5.74) is 3.27. The van der Waals surface area contributed by atoms with E-state index in [4.69, 9.17) is 9.47 Å². The maximum Gasteiger partial charge on any atom is 0.240 e. The van der Waals surface area contributed by atoms with Crippen molar-refractivity contribution < 1.29 is 19.4 Å². The molecule has 1 rings (SSSR count). The standard InChI is InChI=1S/C20H32N2O4/c1-4-5-6-7-8-9-17(23)11-13-20(24)22-21-15-16-10-12-18(25-2)19(14-16)26-3/h10,12,14-15,17,23H,4-9,11,13H2,1-3H3,(H,22,24). The smallest absolute Gasteiger partial charge is 0.240 e. The highest BCUT2D eigenvalue weighted by atomic mass is 16.5. The summed E-state index contributed by atoms with van der Waals surface area (Å²) < 4.78 is 10.4. The summed E-state index contributed by atoms with van der Waals surface area (Å²) in [5.74, 6) is 1.04. The molecular weight excluding hydrogens is 332 g/mol. The second-order valence-corrected chi connectivity index (χ2v) is 6.30. The molecule has 0 bridgehead atoms. The van der Waals surface area contributed by atoms with Crippen LogP contribution in [0, 0.1) is 0 Å². The lowest BCUT2D eigenvalue weighted by atomic mass is 10.0. The minimum atomic E-state index is -0.419. The summed E-state index contributed by atoms with van der Waals surface area (Å²) in [7, 11) is 3.14. The Morgan fingerprint density at radius 3 is 2.58 bits per heavy atom. The summed E-state index contributed by atoms with van der Waals surface area (Å²) in [6.07, 6.45) is 8.45. The van der Waals surface area contributed by atoms with Crippen LogP contribution >= 0.6 is 0 Å². The van der Waals surface area contributed by atoms with Gasteiger partial charge in [-0.1, -0.05) is 39.0 Å². The van der Waals surface area contributed by atoms with Crippen molar-refractivity contribution in [1.82, 2.24) is 5.43 Å². The molecule has 0 heterocycles. The van der Waals surface area contributed by atoms with Gasteiger partial charge in [-0.25, -0.2) is 5.43 Å². The molecule has 1 aromatic carbocycles. The van der Waals surface area contributed by atoms with Gasteiger partial charge in [-0.3, -0.25) is 4.79 Å². The normalized spacial score (nSPS) is 12.2. The van der Waals surface area contributed by atoms with Gasteiger partial charge in [0.15, 0.2) is 11.5 Å². The Hall–Kier alpha value is -2.08. The van der Waals surface area contributed by atoms with Crippen molar-refractivity contribution in [1.29, 1.82) is 0 Å². The molecular formula is C20H32N2O4. The molecule has 0 saturated heterocycles. The number of rotatable bonds is 13. The highest BCUT2D eigenvalue weighted by Gasteiger charge is 2.08. The van der Waals surface area contributed by atoms with E-state index in [1.807, 2.05) is 6.07 Å². The van der Waals surface area contributed by atoms with Gasteiger partial charge in [-0.05, 0) is 36.6 Å². The molecule has 1 aromatic rings. The van der Waals surface area contributed by atoms with Crippen LogP contribution in [-0.2, 0) is 4.79 Å². The maximum atomic E-state index is 11.8. The van der Waals surface area contributed by atoms with Crippen molar-refractivity contribution in [2.45, 2.75) is 64.4 Å². The van der Waals surface area contributed by atoms with Crippen LogP contribution in [0.4, 0.5) is 0 Å². The number of nitrogens with zero attached hydrogens (tertiary/aromatic N) is 1. The molecule has 6 nitrogen and oxygen atoms in total. The molecule has 0 aromatic heterocycles. The molecule has 26 heavy (non-hydrogen) atoms. The van der Waals surface area contributed by atoms with E-state index in [1.54, 1.807) is 32.6 Å². The van der Waals surface area contributed by atoms with Crippen molar-refractivity contribution in [3.8, 4) is 11.5 Å². The largest absolute Gasteiger partial charge is 0.493 e. The Labute approximate surface area is 156 Å². The predicted molar refractivity (Wildman–Crippen MR) is 104 cm³/mol. The number of carbonyl (C=O) groups excluding carboxylic acids is 1. The monoisotopic (exact) mass is 364 g/mol. The fraction of sp³-hybridized carbons (Fsp3) is 0.600. The number of hydrogen-bond donors (Lipinski definition) is 2. The SMILES string of the molecule is CCCCCCCC(O)CCC(=O)NN=Cc1ccc(OC)c(OC)c1. The Morgan fingerprint density at radius 2 is 1.88 bits per heavy atom. The molecule has 146 valence electrons. The van der Waals surface area contributed by atoms with Gasteiger partial charge in [0, 0.05) is 6.42 Å². The molecule has 0 aliphatic rings. The lowest BCUT2D eigenvalue weighted by molar-refractivity contribution is -0.121. The Bertz CT molecular complexity index is 561. The van der Waals surface area contributed by atoms with E-state index in [0.717, 1.165) is 24.8 Å². The molecule has 1 unspecified atom stereocenters. The maximum absolute atomic E-state index is 11.8. The third kappa shape index (κ3) is 8.85. The fourth-order valence-corrected chi connectivity index (χ4v) is 2.59. The average molecular weight is 364 g/mol. The lowest BCUT2D eigenvalue weighted by Gasteiger charge is -2.09. The second-order valence-electron chi connectivity index (χ2n) is 6.30. The van der Waals surface area contributed by atoms with Crippen molar-refractivity contribution in [2.24, 2.45) is 5.10 Å². The Morgan fingerprint density at radius 1 is 1.15 bits per heavy atom. The van der Waals surface area contributed by atoms with Crippen molar-refractivity contribution in [3.63, 3.8) is 0 Å². The van der Waals surface area contributed by atoms with Gasteiger partial charge in [0.1, 0.15) is 0 Å². The number of aliphatic hydroxyl groups is 1. The van der Waals surface area contributed by atoms with Crippen LogP contribution in [0.1, 0.15) is 63.9 Å². The summed E-state index contributed by atoms with van der Waals surface area (Å²) >= 11 is 0. The van der Waals surface area contributed by atoms with E-state index in [1.165, 1.54) is 19.3 Å². The van der Waals surface area contributed by atoms with E-state index < -0.39 is 6.10 Å². The van der Waals surface area contributed by atoms with E-state index in [-0.39, 0.29) is 12.3 Å². The fourth-order valence-electron chi connectivity index (χ4n) is 2.59. The number of hydrogen-bond acceptors (Lipinski definition) is 5. The van der Waals surface area contributed by atoms with Gasteiger partial charge in [-0.15, -0.1) is 0 Å². The summed E-state index contributed by atoms with van der Waals surface area (Å²) in [5, 5.41) is 13.9. The number of amides is 1. The van der Waals surface area contributed by atoms with Crippen LogP contribution < -0.4 is 14.9 Å². The van der Waals surface area contributed by atoms with Gasteiger partial charge >= 0.3 is 0 Å². The Balaban J connectivity index is 2.28. The molecule has 0 spiro atoms. The zero-order valence-corrected chi connectivity index (χ0v) is 16.2. The molecule has 0 fully saturated rings. The second kappa shape index (κ2) is 13.2. The van der Waals surface area contributed by atoms with Crippen LogP contribution in [0.25, 0.3) is 0 Å². The molecule has 0 aliphatic carbocycles. The van der Waals surface area contributed by atoms with E-state index in [9.17, 15) is 9.90 Å². The van der Waals surface area contributed by atoms with Crippen LogP contribution in [0.5, 0.6) is 11.5 Å². The lowest BCUT2D eigenvalue weighted by Crippen LogP contribution is -2.19. The minimum Gasteiger partial charge on any atom is -0.493 e. The number of ether oxygens (including phenoxy) is 2. The first kappa shape index (κ1) is 22.0. The van der Waals surface area contributed by atoms with Gasteiger partial charge in [0.25, 0.3) is 0 Å². The van der Waals surface area contributed by atoms with Crippen LogP contribution in [-0.4, -0.2) is 37.6 Å². The molecule has 6 heteroatoms. The predicted octanol–water partition coefficient (Wildman–Crippen LogP) is 3.66. The average Bonchev–Trinajstić information content (AvgIpc) is 2.66. The first-order valence-electron chi connectivity index (χ1n) is 9.32. The Kier molecular flexibility index (Phi) is 11.1. The number of methoxy groups -OCH3 is 2. The first-order valence-corrected chi connectivity index (χ1v) is 9.32. The third-order valence-corrected chi connectivity index (χ3v) is 4.16. The summed E-state index contributed by atoms with van der Waals surface area (Å²) in [6.45, 7) is 2.18. The number of benzene rings is 1. The highest BCUT2D eigenvalue weighted by Crippen LogP contribution is 2.26. The van der Waals surface area contributed by atoms with E-state index in [0.29, 0.717) is 17.9 Å². The van der Waals surface area contributed by atoms with Crippen molar-refractivity contribution in [3.05, 3.63) is 23.8 Å². The molecule has 2 N–H and O–H groups in total.